The first-order chi connectivity index (χ1) is 28.7. The summed E-state index contributed by atoms with van der Waals surface area (Å²) in [5.74, 6) is 1.51. The molecule has 0 aromatic heterocycles. The van der Waals surface area contributed by atoms with Crippen molar-refractivity contribution in [1.82, 2.24) is 0 Å². The Morgan fingerprint density at radius 3 is 2.17 bits per heavy atom. The summed E-state index contributed by atoms with van der Waals surface area (Å²) in [7, 11) is 13.2. The van der Waals surface area contributed by atoms with Crippen LogP contribution in [-0.2, 0) is 42.3 Å². The molecule has 60 heavy (non-hydrogen) atoms. The van der Waals surface area contributed by atoms with Crippen molar-refractivity contribution in [3.63, 3.8) is 0 Å². The number of Topliss-reactive ketones (excluding diaryl/α,β-unsaturated/α-hetero) is 1. The van der Waals surface area contributed by atoms with Crippen LogP contribution in [0.2, 0.25) is 0 Å². The van der Waals surface area contributed by atoms with E-state index in [2.05, 4.69) is 85.2 Å². The summed E-state index contributed by atoms with van der Waals surface area (Å²) < 4.78 is 54.8. The number of hydrogen-bond donors (Lipinski definition) is 0. The smallest absolute Gasteiger partial charge is 0.135 e. The van der Waals surface area contributed by atoms with Crippen molar-refractivity contribution in [3.05, 3.63) is 36.5 Å². The van der Waals surface area contributed by atoms with Crippen LogP contribution in [0.3, 0.4) is 0 Å². The van der Waals surface area contributed by atoms with Crippen molar-refractivity contribution < 1.29 is 42.3 Å². The summed E-state index contributed by atoms with van der Waals surface area (Å²) in [6.07, 6.45) is 10.5. The number of ketones is 1. The summed E-state index contributed by atoms with van der Waals surface area (Å²) >= 11 is 0. The number of ether oxygens (including phenoxy) is 6. The second kappa shape index (κ2) is 22.9. The molecule has 0 aromatic rings. The molecule has 8 bridgehead atoms. The van der Waals surface area contributed by atoms with Gasteiger partial charge in [0.25, 0.3) is 0 Å². The van der Waals surface area contributed by atoms with Crippen molar-refractivity contribution in [2.75, 3.05) is 6.16 Å². The van der Waals surface area contributed by atoms with Crippen LogP contribution in [0.25, 0.3) is 0 Å². The first-order valence-corrected chi connectivity index (χ1v) is 34.5. The maximum atomic E-state index is 14.3. The van der Waals surface area contributed by atoms with Crippen LogP contribution in [0.4, 0.5) is 0 Å². The Morgan fingerprint density at radius 1 is 0.733 bits per heavy atom. The Morgan fingerprint density at radius 2 is 1.42 bits per heavy atom. The fourth-order valence-electron chi connectivity index (χ4n) is 11.2. The molecule has 7 aliphatic heterocycles. The first kappa shape index (κ1) is 49.9. The lowest BCUT2D eigenvalue weighted by Gasteiger charge is -2.48. The monoisotopic (exact) mass is 982 g/mol. The van der Waals surface area contributed by atoms with Crippen molar-refractivity contribution in [2.24, 2.45) is 23.7 Å². The van der Waals surface area contributed by atoms with Crippen LogP contribution in [0.5, 0.6) is 0 Å². The molecular formula is C43H74O9P8. The molecule has 0 spiro atoms. The van der Waals surface area contributed by atoms with Crippen molar-refractivity contribution in [3.8, 4) is 0 Å². The lowest BCUT2D eigenvalue weighted by molar-refractivity contribution is -0.251. The van der Waals surface area contributed by atoms with Gasteiger partial charge in [0.15, 0.2) is 0 Å². The Bertz CT molecular complexity index is 1510. The molecule has 10 unspecified atom stereocenters. The summed E-state index contributed by atoms with van der Waals surface area (Å²) in [6, 6.07) is 0. The number of fused-ring (bicyclic) bond motifs is 7. The van der Waals surface area contributed by atoms with Gasteiger partial charge < -0.3 is 37.5 Å². The van der Waals surface area contributed by atoms with Gasteiger partial charge in [-0.25, -0.2) is 0 Å². The van der Waals surface area contributed by atoms with Crippen molar-refractivity contribution >= 4 is 73.7 Å². The van der Waals surface area contributed by atoms with Gasteiger partial charge in [0.05, 0.1) is 70.0 Å². The Labute approximate surface area is 376 Å². The molecule has 0 amide bonds. The number of carbonyl (C=O) groups excluding carboxylic acids is 1. The van der Waals surface area contributed by atoms with E-state index in [1.165, 1.54) is 18.2 Å². The topological polar surface area (TPSA) is 90.9 Å². The summed E-state index contributed by atoms with van der Waals surface area (Å²) in [5, 5.41) is 0. The Kier molecular flexibility index (Phi) is 19.0. The molecule has 0 aliphatic carbocycles. The highest BCUT2D eigenvalue weighted by molar-refractivity contribution is 8.41. The maximum absolute atomic E-state index is 14.3. The third-order valence-corrected chi connectivity index (χ3v) is 18.4. The van der Waals surface area contributed by atoms with Gasteiger partial charge in [-0.05, 0) is 112 Å². The highest BCUT2D eigenvalue weighted by Gasteiger charge is 2.59. The molecule has 7 saturated heterocycles. The summed E-state index contributed by atoms with van der Waals surface area (Å²) in [6.45, 7) is 20.5. The Balaban J connectivity index is 1.14. The molecule has 0 saturated carbocycles. The second-order valence-electron chi connectivity index (χ2n) is 19.1. The third-order valence-electron chi connectivity index (χ3n) is 14.6. The molecular weight excluding hydrogens is 908 g/mol. The highest BCUT2D eigenvalue weighted by Crippen LogP contribution is 2.60. The van der Waals surface area contributed by atoms with Crippen LogP contribution in [0.1, 0.15) is 111 Å². The van der Waals surface area contributed by atoms with Crippen molar-refractivity contribution in [1.29, 1.82) is 0 Å². The third kappa shape index (κ3) is 12.6. The molecule has 17 heteroatoms. The second-order valence-corrected chi connectivity index (χ2v) is 32.8. The van der Waals surface area contributed by atoms with E-state index >= 15 is 0 Å². The van der Waals surface area contributed by atoms with E-state index < -0.39 is 15.1 Å². The first-order valence-electron chi connectivity index (χ1n) is 22.5. The molecule has 9 nitrogen and oxygen atoms in total. The van der Waals surface area contributed by atoms with E-state index in [1.54, 1.807) is 0 Å². The maximum Gasteiger partial charge on any atom is 0.135 e. The van der Waals surface area contributed by atoms with Gasteiger partial charge in [-0.15, -0.1) is 17.2 Å². The highest BCUT2D eigenvalue weighted by atomic mass is 32.4. The van der Waals surface area contributed by atoms with Crippen LogP contribution < -0.4 is 0 Å². The number of rotatable bonds is 9. The number of hydrogen-bond acceptors (Lipinski definition) is 9. The quantitative estimate of drug-likeness (QED) is 0.165. The minimum atomic E-state index is -0.901. The molecule has 0 aromatic carbocycles. The van der Waals surface area contributed by atoms with Gasteiger partial charge in [0, 0.05) is 19.3 Å². The van der Waals surface area contributed by atoms with E-state index in [-0.39, 0.29) is 103 Å². The molecule has 24 atom stereocenters. The zero-order valence-electron chi connectivity index (χ0n) is 36.1. The molecule has 7 rings (SSSR count). The molecule has 0 N–H and O–H groups in total. The average Bonchev–Trinajstić information content (AvgIpc) is 3.81. The fourth-order valence-corrected chi connectivity index (χ4v) is 15.1. The van der Waals surface area contributed by atoms with Gasteiger partial charge in [-0.1, -0.05) is 81.8 Å². The molecule has 7 heterocycles. The zero-order chi connectivity index (χ0) is 42.8. The predicted molar refractivity (Wildman–Crippen MR) is 265 cm³/mol. The molecule has 7 fully saturated rings. The van der Waals surface area contributed by atoms with Crippen LogP contribution in [0.15, 0.2) is 36.5 Å². The minimum Gasteiger partial charge on any atom is -0.374 e. The molecule has 0 radical (unpaired) electrons. The van der Waals surface area contributed by atoms with Crippen LogP contribution >= 0.6 is 68.0 Å². The summed E-state index contributed by atoms with van der Waals surface area (Å²) in [5.41, 5.74) is 3.45. The van der Waals surface area contributed by atoms with Gasteiger partial charge in [0.1, 0.15) is 36.3 Å². The largest absolute Gasteiger partial charge is 0.374 e. The van der Waals surface area contributed by atoms with Gasteiger partial charge in [-0.3, -0.25) is 4.79 Å². The number of carbonyl (C=O) groups is 1. The van der Waals surface area contributed by atoms with E-state index in [4.69, 9.17) is 37.5 Å². The standard InChI is InChI=1S/C43H74O9P8/c1-22-7-8-29-18-25(4)33(45-29)11-9-30-17-24(3)26(5)36(46-30)21-37-32(27(6)35(48-37)15-23(2)13-14-58-53)20-28(44)19-31-10-12-34-39(47-31)43(52-60(56)57)42-41(49-34)40(51-59(54)55)38(16-22)50-42/h23-24,27,29-43,58H,1,4-5,7-21,53-57H2,2-3,6H3/t23-,24-,27-,29?,30+,31-,32?,33+,34+,35-,36?,37+,38?,39+,40+,41+,42-,43+/m1/s1. The molecule has 7 aliphatic rings. The van der Waals surface area contributed by atoms with E-state index in [0.717, 1.165) is 83.6 Å². The predicted octanol–water partition coefficient (Wildman–Crippen LogP) is 11.0. The lowest BCUT2D eigenvalue weighted by Crippen LogP contribution is -2.61. The van der Waals surface area contributed by atoms with Gasteiger partial charge in [-0.2, -0.15) is 0 Å². The molecule has 340 valence electrons. The minimum absolute atomic E-state index is 0.0326. The fraction of sp³-hybridized carbons (Fsp3) is 0.837. The van der Waals surface area contributed by atoms with Gasteiger partial charge >= 0.3 is 0 Å². The lowest BCUT2D eigenvalue weighted by atomic mass is 9.78. The normalized spacial score (nSPS) is 43.9. The SMILES string of the molecule is C=C1CCC2CC(=C)[C@H](CC[C@H]3C[C@@H](C)C(=C)C(C[C@@H]4O[C@H](C[C@H](C)CCPP)[C@H](C)C4CC(=O)C[C@H]4CC[C@@H]5O[C@@H]6[C@@H](OC(C1)[C@@H]6OP(P)P)[C@@H](OP(P)P)[C@H]5O4)O3)O2. The van der Waals surface area contributed by atoms with E-state index in [9.17, 15) is 4.79 Å². The Hall–Kier alpha value is 2.01. The van der Waals surface area contributed by atoms with Crippen molar-refractivity contribution in [2.45, 2.75) is 196 Å². The average molecular weight is 983 g/mol. The van der Waals surface area contributed by atoms with E-state index in [0.29, 0.717) is 31.1 Å². The zero-order valence-corrected chi connectivity index (χ0v) is 44.6. The van der Waals surface area contributed by atoms with Crippen LogP contribution in [0, 0.1) is 23.7 Å². The van der Waals surface area contributed by atoms with E-state index in [1.807, 2.05) is 0 Å². The van der Waals surface area contributed by atoms with Crippen LogP contribution in [-0.4, -0.2) is 97.4 Å². The van der Waals surface area contributed by atoms with Gasteiger partial charge in [0.2, 0.25) is 0 Å². The summed E-state index contributed by atoms with van der Waals surface area (Å²) in [4.78, 5) is 14.3.